The van der Waals surface area contributed by atoms with Crippen LogP contribution in [0.15, 0.2) is 79.3 Å². The van der Waals surface area contributed by atoms with Gasteiger partial charge in [-0.1, -0.05) is 55.5 Å². The van der Waals surface area contributed by atoms with E-state index in [0.29, 0.717) is 5.57 Å². The lowest BCUT2D eigenvalue weighted by molar-refractivity contribution is 0.246. The maximum absolute atomic E-state index is 15.4. The molecule has 1 fully saturated rings. The van der Waals surface area contributed by atoms with E-state index in [9.17, 15) is 0 Å². The molecule has 2 aromatic carbocycles. The summed E-state index contributed by atoms with van der Waals surface area (Å²) in [5.41, 5.74) is 13.4. The van der Waals surface area contributed by atoms with Gasteiger partial charge in [0.2, 0.25) is 0 Å². The van der Waals surface area contributed by atoms with Crippen molar-refractivity contribution in [1.29, 1.82) is 0 Å². The maximum Gasteiger partial charge on any atom is 0.130 e. The average molecular weight is 443 g/mol. The molecule has 2 aliphatic rings. The van der Waals surface area contributed by atoms with Gasteiger partial charge >= 0.3 is 0 Å². The quantitative estimate of drug-likeness (QED) is 0.449. The Bertz CT molecular complexity index is 1120. The van der Waals surface area contributed by atoms with Crippen LogP contribution < -0.4 is 5.73 Å². The molecule has 0 amide bonds. The van der Waals surface area contributed by atoms with E-state index in [2.05, 4.69) is 24.8 Å². The highest BCUT2D eigenvalue weighted by Gasteiger charge is 2.37. The van der Waals surface area contributed by atoms with Gasteiger partial charge in [-0.3, -0.25) is 0 Å². The van der Waals surface area contributed by atoms with Crippen molar-refractivity contribution in [2.45, 2.75) is 50.4 Å². The third kappa shape index (κ3) is 4.83. The fourth-order valence-electron chi connectivity index (χ4n) is 5.13. The zero-order valence-corrected chi connectivity index (χ0v) is 19.9. The normalized spacial score (nSPS) is 17.7. The third-order valence-electron chi connectivity index (χ3n) is 7.36. The number of fused-ring (bicyclic) bond motifs is 1. The Hall–Kier alpha value is -3.07. The van der Waals surface area contributed by atoms with Gasteiger partial charge in [-0.15, -0.1) is 0 Å². The summed E-state index contributed by atoms with van der Waals surface area (Å²) in [6, 6.07) is 14.8. The summed E-state index contributed by atoms with van der Waals surface area (Å²) < 4.78 is 15.4. The predicted octanol–water partition coefficient (Wildman–Crippen LogP) is 6.93. The van der Waals surface area contributed by atoms with E-state index in [1.54, 1.807) is 12.2 Å². The summed E-state index contributed by atoms with van der Waals surface area (Å²) in [5.74, 6) is -0.271. The van der Waals surface area contributed by atoms with Crippen molar-refractivity contribution < 1.29 is 4.39 Å². The van der Waals surface area contributed by atoms with Gasteiger partial charge in [-0.2, -0.15) is 0 Å². The molecule has 2 aromatic rings. The average Bonchev–Trinajstić information content (AvgIpc) is 3.26. The van der Waals surface area contributed by atoms with E-state index < -0.39 is 0 Å². The second-order valence-electron chi connectivity index (χ2n) is 9.62. The van der Waals surface area contributed by atoms with Gasteiger partial charge in [0.15, 0.2) is 0 Å². The van der Waals surface area contributed by atoms with Crippen LogP contribution in [0.2, 0.25) is 0 Å². The van der Waals surface area contributed by atoms with Crippen LogP contribution in [-0.4, -0.2) is 19.0 Å². The SMILES string of the molecule is C=C(c1cccc(C(/C=C/N)=C(F)/C=C\CC2(c3ccc4c(c3)CCC4)CCC2)c1)N(C)C. The van der Waals surface area contributed by atoms with Gasteiger partial charge in [0.1, 0.15) is 5.83 Å². The lowest BCUT2D eigenvalue weighted by Crippen LogP contribution is -2.33. The minimum Gasteiger partial charge on any atom is -0.405 e. The fraction of sp³-hybridized carbons (Fsp3) is 0.333. The van der Waals surface area contributed by atoms with Crippen LogP contribution in [0, 0.1) is 0 Å². The summed E-state index contributed by atoms with van der Waals surface area (Å²) in [4.78, 5) is 1.95. The Balaban J connectivity index is 1.57. The number of benzene rings is 2. The molecule has 172 valence electrons. The van der Waals surface area contributed by atoms with Crippen molar-refractivity contribution in [2.75, 3.05) is 14.1 Å². The first-order valence-corrected chi connectivity index (χ1v) is 12.0. The van der Waals surface area contributed by atoms with Crippen LogP contribution in [0.3, 0.4) is 0 Å². The molecule has 4 rings (SSSR count). The molecule has 0 aromatic heterocycles. The molecule has 0 heterocycles. The van der Waals surface area contributed by atoms with E-state index in [0.717, 1.165) is 23.2 Å². The molecular formula is C30H35FN2. The van der Waals surface area contributed by atoms with Gasteiger partial charge < -0.3 is 10.6 Å². The third-order valence-corrected chi connectivity index (χ3v) is 7.36. The van der Waals surface area contributed by atoms with Crippen molar-refractivity contribution in [3.8, 4) is 0 Å². The molecule has 0 radical (unpaired) electrons. The van der Waals surface area contributed by atoms with Crippen molar-refractivity contribution in [2.24, 2.45) is 5.73 Å². The van der Waals surface area contributed by atoms with Gasteiger partial charge in [-0.25, -0.2) is 4.39 Å². The zero-order valence-electron chi connectivity index (χ0n) is 19.9. The van der Waals surface area contributed by atoms with E-state index in [4.69, 9.17) is 5.73 Å². The number of rotatable bonds is 8. The summed E-state index contributed by atoms with van der Waals surface area (Å²) in [6.45, 7) is 4.12. The Kier molecular flexibility index (Phi) is 6.88. The van der Waals surface area contributed by atoms with Crippen LogP contribution in [0.4, 0.5) is 4.39 Å². The molecule has 33 heavy (non-hydrogen) atoms. The monoisotopic (exact) mass is 442 g/mol. The molecule has 0 atom stereocenters. The molecule has 2 N–H and O–H groups in total. The molecule has 0 aliphatic heterocycles. The lowest BCUT2D eigenvalue weighted by Gasteiger charge is -2.42. The van der Waals surface area contributed by atoms with Crippen molar-refractivity contribution >= 4 is 11.3 Å². The fourth-order valence-corrected chi connectivity index (χ4v) is 5.13. The van der Waals surface area contributed by atoms with E-state index in [1.807, 2.05) is 49.3 Å². The topological polar surface area (TPSA) is 29.3 Å². The predicted molar refractivity (Wildman–Crippen MR) is 138 cm³/mol. The van der Waals surface area contributed by atoms with E-state index in [1.165, 1.54) is 61.4 Å². The summed E-state index contributed by atoms with van der Waals surface area (Å²) in [5, 5.41) is 0. The van der Waals surface area contributed by atoms with Crippen molar-refractivity contribution in [3.63, 3.8) is 0 Å². The smallest absolute Gasteiger partial charge is 0.130 e. The molecule has 2 nitrogen and oxygen atoms in total. The first kappa shape index (κ1) is 23.1. The maximum atomic E-state index is 15.4. The first-order chi connectivity index (χ1) is 15.9. The van der Waals surface area contributed by atoms with Crippen molar-refractivity contribution in [3.05, 3.63) is 107 Å². The number of hydrogen-bond acceptors (Lipinski definition) is 2. The van der Waals surface area contributed by atoms with Crippen LogP contribution in [0.25, 0.3) is 11.3 Å². The Morgan fingerprint density at radius 3 is 2.48 bits per heavy atom. The molecular weight excluding hydrogens is 407 g/mol. The number of aryl methyl sites for hydroxylation is 2. The number of nitrogens with zero attached hydrogens (tertiary/aromatic N) is 1. The Labute approximate surface area is 198 Å². The number of allylic oxidation sites excluding steroid dienone is 5. The molecule has 0 unspecified atom stereocenters. The number of nitrogens with two attached hydrogens (primary N) is 1. The number of hydrogen-bond donors (Lipinski definition) is 1. The second kappa shape index (κ2) is 9.82. The highest BCUT2D eigenvalue weighted by Crippen LogP contribution is 2.47. The van der Waals surface area contributed by atoms with Gasteiger partial charge in [0.05, 0.1) is 0 Å². The lowest BCUT2D eigenvalue weighted by atomic mass is 9.62. The second-order valence-corrected chi connectivity index (χ2v) is 9.62. The highest BCUT2D eigenvalue weighted by atomic mass is 19.1. The van der Waals surface area contributed by atoms with Gasteiger partial charge in [-0.05, 0) is 96.2 Å². The molecule has 1 saturated carbocycles. The van der Waals surface area contributed by atoms with Crippen LogP contribution >= 0.6 is 0 Å². The minimum atomic E-state index is -0.271. The van der Waals surface area contributed by atoms with Crippen LogP contribution in [0.5, 0.6) is 0 Å². The summed E-state index contributed by atoms with van der Waals surface area (Å²) in [6.07, 6.45) is 14.8. The first-order valence-electron chi connectivity index (χ1n) is 12.0. The highest BCUT2D eigenvalue weighted by molar-refractivity contribution is 5.79. The Morgan fingerprint density at radius 2 is 1.79 bits per heavy atom. The van der Waals surface area contributed by atoms with Crippen LogP contribution in [0.1, 0.15) is 59.9 Å². The zero-order chi connectivity index (χ0) is 23.4. The largest absolute Gasteiger partial charge is 0.405 e. The summed E-state index contributed by atoms with van der Waals surface area (Å²) in [7, 11) is 3.90. The Morgan fingerprint density at radius 1 is 1.03 bits per heavy atom. The van der Waals surface area contributed by atoms with Crippen LogP contribution in [-0.2, 0) is 18.3 Å². The van der Waals surface area contributed by atoms with E-state index in [-0.39, 0.29) is 11.2 Å². The summed E-state index contributed by atoms with van der Waals surface area (Å²) >= 11 is 0. The standard InChI is InChI=1S/C30H35FN2/c1-22(33(2)3)24-9-5-11-26(20-24)28(15-19-32)29(31)12-6-16-30(17-7-18-30)27-14-13-23-8-4-10-25(23)21-27/h5-6,9,11-15,19-21H,1,4,7-8,10,16-18,32H2,2-3H3/b12-6-,19-15+,29-28-. The molecule has 0 saturated heterocycles. The number of halogens is 1. The van der Waals surface area contributed by atoms with Crippen molar-refractivity contribution in [1.82, 2.24) is 4.90 Å². The minimum absolute atomic E-state index is 0.154. The van der Waals surface area contributed by atoms with Gasteiger partial charge in [0.25, 0.3) is 0 Å². The van der Waals surface area contributed by atoms with E-state index >= 15 is 4.39 Å². The molecule has 0 bridgehead atoms. The molecule has 0 spiro atoms. The molecule has 3 heteroatoms. The van der Waals surface area contributed by atoms with Gasteiger partial charge in [0, 0.05) is 25.4 Å². The molecule has 2 aliphatic carbocycles.